The summed E-state index contributed by atoms with van der Waals surface area (Å²) in [4.78, 5) is 4.86. The van der Waals surface area contributed by atoms with E-state index in [2.05, 4.69) is 5.16 Å². The molecule has 0 aromatic heterocycles. The van der Waals surface area contributed by atoms with E-state index in [1.165, 1.54) is 35.4 Å². The van der Waals surface area contributed by atoms with Crippen molar-refractivity contribution in [3.05, 3.63) is 40.4 Å². The average molecular weight is 391 g/mol. The zero-order valence-electron chi connectivity index (χ0n) is 11.6. The lowest BCUT2D eigenvalue weighted by Crippen LogP contribution is -2.30. The normalized spacial score (nSPS) is 13.4. The van der Waals surface area contributed by atoms with Crippen molar-refractivity contribution in [1.29, 1.82) is 0 Å². The van der Waals surface area contributed by atoms with E-state index >= 15 is 0 Å². The standard InChI is InChI=1S/C12H11Cl2F3N2O3S/c1-8(18-22-6-2-5-13)10-7-9(14)3-4-11(10)19-23(20,21)12(15,16)17/h2-5,7,19H,6H2,1H3. The highest BCUT2D eigenvalue weighted by Crippen LogP contribution is 2.28. The van der Waals surface area contributed by atoms with Gasteiger partial charge in [-0.25, -0.2) is 0 Å². The average Bonchev–Trinajstić information content (AvgIpc) is 2.44. The summed E-state index contributed by atoms with van der Waals surface area (Å²) in [5, 5.41) is 3.84. The summed E-state index contributed by atoms with van der Waals surface area (Å²) in [7, 11) is -5.57. The Morgan fingerprint density at radius 2 is 2.09 bits per heavy atom. The van der Waals surface area contributed by atoms with Crippen LogP contribution < -0.4 is 4.72 Å². The Bertz CT molecular complexity index is 719. The third-order valence-electron chi connectivity index (χ3n) is 2.38. The van der Waals surface area contributed by atoms with E-state index < -0.39 is 15.5 Å². The van der Waals surface area contributed by atoms with Crippen LogP contribution >= 0.6 is 23.2 Å². The van der Waals surface area contributed by atoms with E-state index in [1.54, 1.807) is 0 Å². The lowest BCUT2D eigenvalue weighted by atomic mass is 10.1. The van der Waals surface area contributed by atoms with Gasteiger partial charge in [0.15, 0.2) is 0 Å². The zero-order chi connectivity index (χ0) is 17.7. The molecule has 1 aromatic carbocycles. The molecule has 0 heterocycles. The van der Waals surface area contributed by atoms with Crippen LogP contribution in [-0.2, 0) is 14.9 Å². The molecule has 0 fully saturated rings. The maximum atomic E-state index is 12.5. The summed E-state index contributed by atoms with van der Waals surface area (Å²) >= 11 is 11.1. The second-order valence-corrected chi connectivity index (χ2v) is 6.44. The number of halogens is 5. The molecule has 0 amide bonds. The minimum Gasteiger partial charge on any atom is -0.391 e. The number of anilines is 1. The Morgan fingerprint density at radius 1 is 1.43 bits per heavy atom. The number of nitrogens with zero attached hydrogens (tertiary/aromatic N) is 1. The third-order valence-corrected chi connectivity index (χ3v) is 3.89. The molecule has 0 saturated carbocycles. The molecule has 1 N–H and O–H groups in total. The van der Waals surface area contributed by atoms with Gasteiger partial charge in [0, 0.05) is 16.1 Å². The van der Waals surface area contributed by atoms with E-state index in [-0.39, 0.29) is 28.6 Å². The number of sulfonamides is 1. The molecule has 128 valence electrons. The lowest BCUT2D eigenvalue weighted by Gasteiger charge is -2.14. The molecule has 0 aliphatic carbocycles. The fourth-order valence-electron chi connectivity index (χ4n) is 1.37. The Morgan fingerprint density at radius 3 is 2.65 bits per heavy atom. The Balaban J connectivity index is 3.16. The van der Waals surface area contributed by atoms with Gasteiger partial charge in [-0.3, -0.25) is 4.72 Å². The minimum atomic E-state index is -5.57. The van der Waals surface area contributed by atoms with Crippen molar-refractivity contribution in [2.24, 2.45) is 5.16 Å². The molecule has 23 heavy (non-hydrogen) atoms. The van der Waals surface area contributed by atoms with Gasteiger partial charge < -0.3 is 4.84 Å². The summed E-state index contributed by atoms with van der Waals surface area (Å²) in [6.07, 6.45) is 1.43. The van der Waals surface area contributed by atoms with E-state index in [0.29, 0.717) is 0 Å². The predicted molar refractivity (Wildman–Crippen MR) is 83.2 cm³/mol. The first kappa shape index (κ1) is 19.6. The second kappa shape index (κ2) is 7.89. The van der Waals surface area contributed by atoms with Gasteiger partial charge in [0.05, 0.1) is 11.4 Å². The van der Waals surface area contributed by atoms with Crippen LogP contribution in [-0.4, -0.2) is 26.2 Å². The maximum absolute atomic E-state index is 12.5. The number of hydrogen-bond donors (Lipinski definition) is 1. The van der Waals surface area contributed by atoms with Gasteiger partial charge in [0.1, 0.15) is 6.61 Å². The molecule has 0 spiro atoms. The van der Waals surface area contributed by atoms with Crippen molar-refractivity contribution >= 4 is 44.6 Å². The molecule has 11 heteroatoms. The molecule has 1 aromatic rings. The number of oxime groups is 1. The largest absolute Gasteiger partial charge is 0.516 e. The summed E-state index contributed by atoms with van der Waals surface area (Å²) in [5.74, 6) is 0. The van der Waals surface area contributed by atoms with E-state index in [0.717, 1.165) is 6.07 Å². The van der Waals surface area contributed by atoms with Crippen LogP contribution in [0.15, 0.2) is 35.0 Å². The highest BCUT2D eigenvalue weighted by Gasteiger charge is 2.46. The summed E-state index contributed by atoms with van der Waals surface area (Å²) in [6.45, 7) is 1.45. The number of benzene rings is 1. The van der Waals surface area contributed by atoms with Crippen molar-refractivity contribution in [2.75, 3.05) is 11.3 Å². The van der Waals surface area contributed by atoms with Crippen molar-refractivity contribution in [1.82, 2.24) is 0 Å². The van der Waals surface area contributed by atoms with Gasteiger partial charge in [-0.2, -0.15) is 21.6 Å². The quantitative estimate of drug-likeness (QED) is 0.451. The Kier molecular flexibility index (Phi) is 6.72. The third kappa shape index (κ3) is 5.60. The monoisotopic (exact) mass is 390 g/mol. The van der Waals surface area contributed by atoms with Crippen LogP contribution in [0, 0.1) is 0 Å². The van der Waals surface area contributed by atoms with Crippen LogP contribution in [0.1, 0.15) is 12.5 Å². The zero-order valence-corrected chi connectivity index (χ0v) is 13.9. The lowest BCUT2D eigenvalue weighted by molar-refractivity contribution is -0.0429. The van der Waals surface area contributed by atoms with Crippen molar-refractivity contribution in [2.45, 2.75) is 12.4 Å². The molecule has 5 nitrogen and oxygen atoms in total. The predicted octanol–water partition coefficient (Wildman–Crippen LogP) is 4.09. The SMILES string of the molecule is CC(=NOCC=CCl)c1cc(Cl)ccc1NS(=O)(=O)C(F)(F)F. The molecule has 0 aliphatic rings. The highest BCUT2D eigenvalue weighted by atomic mass is 35.5. The molecular formula is C12H11Cl2F3N2O3S. The maximum Gasteiger partial charge on any atom is 0.516 e. The second-order valence-electron chi connectivity index (χ2n) is 4.08. The molecule has 0 aliphatic heterocycles. The molecular weight excluding hydrogens is 380 g/mol. The van der Waals surface area contributed by atoms with Gasteiger partial charge in [-0.05, 0) is 31.2 Å². The van der Waals surface area contributed by atoms with Crippen molar-refractivity contribution in [3.8, 4) is 0 Å². The molecule has 0 bridgehead atoms. The van der Waals surface area contributed by atoms with Crippen LogP contribution in [0.3, 0.4) is 0 Å². The van der Waals surface area contributed by atoms with Gasteiger partial charge >= 0.3 is 15.5 Å². The molecule has 0 unspecified atom stereocenters. The fraction of sp³-hybridized carbons (Fsp3) is 0.250. The van der Waals surface area contributed by atoms with Crippen molar-refractivity contribution in [3.63, 3.8) is 0 Å². The van der Waals surface area contributed by atoms with Gasteiger partial charge in [0.25, 0.3) is 0 Å². The number of alkyl halides is 3. The summed E-state index contributed by atoms with van der Waals surface area (Å²) in [6, 6.07) is 3.59. The van der Waals surface area contributed by atoms with E-state index in [4.69, 9.17) is 28.0 Å². The Labute approximate surface area is 140 Å². The fourth-order valence-corrected chi connectivity index (χ4v) is 2.20. The van der Waals surface area contributed by atoms with Gasteiger partial charge in [-0.1, -0.05) is 28.4 Å². The molecule has 0 saturated heterocycles. The summed E-state index contributed by atoms with van der Waals surface area (Å²) in [5.41, 5.74) is -4.41. The van der Waals surface area contributed by atoms with Crippen molar-refractivity contribution < 1.29 is 26.4 Å². The first-order valence-corrected chi connectivity index (χ1v) is 8.19. The van der Waals surface area contributed by atoms with Crippen LogP contribution in [0.4, 0.5) is 18.9 Å². The van der Waals surface area contributed by atoms with Crippen LogP contribution in [0.25, 0.3) is 0 Å². The van der Waals surface area contributed by atoms with Crippen LogP contribution in [0.2, 0.25) is 5.02 Å². The Hall–Kier alpha value is -1.45. The first-order chi connectivity index (χ1) is 10.6. The molecule has 1 rings (SSSR count). The smallest absolute Gasteiger partial charge is 0.391 e. The van der Waals surface area contributed by atoms with Gasteiger partial charge in [-0.15, -0.1) is 0 Å². The first-order valence-electron chi connectivity index (χ1n) is 5.89. The topological polar surface area (TPSA) is 67.8 Å². The summed E-state index contributed by atoms with van der Waals surface area (Å²) < 4.78 is 61.3. The van der Waals surface area contributed by atoms with Crippen LogP contribution in [0.5, 0.6) is 0 Å². The minimum absolute atomic E-state index is 0.0328. The van der Waals surface area contributed by atoms with Gasteiger partial charge in [0.2, 0.25) is 0 Å². The molecule has 0 radical (unpaired) electrons. The number of nitrogens with one attached hydrogen (secondary N) is 1. The number of rotatable bonds is 6. The highest BCUT2D eigenvalue weighted by molar-refractivity contribution is 7.93. The van der Waals surface area contributed by atoms with E-state index in [1.807, 2.05) is 0 Å². The number of hydrogen-bond acceptors (Lipinski definition) is 4. The molecule has 0 atom stereocenters. The van der Waals surface area contributed by atoms with E-state index in [9.17, 15) is 21.6 Å².